The molecule has 0 aliphatic carbocycles. The van der Waals surface area contributed by atoms with E-state index in [9.17, 15) is 14.4 Å². The Balaban J connectivity index is 1.64. The Hall–Kier alpha value is -3.40. The average Bonchev–Trinajstić information content (AvgIpc) is 3.21. The van der Waals surface area contributed by atoms with Crippen LogP contribution in [0, 0.1) is 0 Å². The van der Waals surface area contributed by atoms with Gasteiger partial charge in [-0.15, -0.1) is 0 Å². The largest absolute Gasteiger partial charge is 0.423 e. The van der Waals surface area contributed by atoms with E-state index in [4.69, 9.17) is 16.0 Å². The number of carbonyl (C=O) groups excluding carboxylic acids is 1. The molecule has 11 heteroatoms. The number of hydrogen-bond donors (Lipinski definition) is 1. The van der Waals surface area contributed by atoms with E-state index in [0.717, 1.165) is 4.57 Å². The van der Waals surface area contributed by atoms with E-state index in [-0.39, 0.29) is 18.1 Å². The number of hydrogen-bond acceptors (Lipinski definition) is 6. The molecule has 0 spiro atoms. The zero-order valence-electron chi connectivity index (χ0n) is 14.3. The Morgan fingerprint density at radius 2 is 2.04 bits per heavy atom. The number of anilines is 1. The smallest absolute Gasteiger partial charge is 0.331 e. The fourth-order valence-electron chi connectivity index (χ4n) is 2.78. The molecular weight excluding hydrogens is 376 g/mol. The Morgan fingerprint density at radius 3 is 2.81 bits per heavy atom. The number of amides is 1. The fraction of sp³-hybridized carbons (Fsp3) is 0.188. The molecule has 0 unspecified atom stereocenters. The number of carbonyl (C=O) groups is 1. The van der Waals surface area contributed by atoms with Gasteiger partial charge in [0.25, 0.3) is 5.56 Å². The van der Waals surface area contributed by atoms with E-state index < -0.39 is 17.2 Å². The average molecular weight is 389 g/mol. The van der Waals surface area contributed by atoms with Gasteiger partial charge in [0.2, 0.25) is 5.91 Å². The van der Waals surface area contributed by atoms with Gasteiger partial charge in [0.15, 0.2) is 11.1 Å². The Labute approximate surface area is 155 Å². The summed E-state index contributed by atoms with van der Waals surface area (Å²) < 4.78 is 8.92. The first-order valence-electron chi connectivity index (χ1n) is 7.82. The van der Waals surface area contributed by atoms with E-state index in [1.54, 1.807) is 18.2 Å². The van der Waals surface area contributed by atoms with Gasteiger partial charge in [-0.2, -0.15) is 10.1 Å². The van der Waals surface area contributed by atoms with Crippen molar-refractivity contribution < 1.29 is 9.21 Å². The highest BCUT2D eigenvalue weighted by Gasteiger charge is 2.17. The number of rotatable bonds is 3. The number of aromatic nitrogens is 5. The van der Waals surface area contributed by atoms with Crippen molar-refractivity contribution in [1.29, 1.82) is 0 Å². The third kappa shape index (κ3) is 2.79. The van der Waals surface area contributed by atoms with Crippen LogP contribution in [0.4, 0.5) is 6.01 Å². The molecule has 1 aromatic carbocycles. The van der Waals surface area contributed by atoms with Gasteiger partial charge in [0.05, 0.1) is 11.7 Å². The second-order valence-corrected chi connectivity index (χ2v) is 6.36. The summed E-state index contributed by atoms with van der Waals surface area (Å²) in [6.45, 7) is -0.254. The van der Waals surface area contributed by atoms with Crippen LogP contribution in [0.15, 0.2) is 38.4 Å². The van der Waals surface area contributed by atoms with Crippen LogP contribution in [-0.4, -0.2) is 29.8 Å². The van der Waals surface area contributed by atoms with Gasteiger partial charge in [0.1, 0.15) is 12.1 Å². The van der Waals surface area contributed by atoms with Gasteiger partial charge in [0, 0.05) is 25.2 Å². The van der Waals surface area contributed by atoms with Crippen molar-refractivity contribution >= 4 is 45.7 Å². The minimum Gasteiger partial charge on any atom is -0.423 e. The predicted molar refractivity (Wildman–Crippen MR) is 97.9 cm³/mol. The first-order chi connectivity index (χ1) is 12.8. The molecule has 0 aliphatic heterocycles. The van der Waals surface area contributed by atoms with Crippen LogP contribution in [0.1, 0.15) is 0 Å². The molecule has 27 heavy (non-hydrogen) atoms. The molecule has 1 amide bonds. The van der Waals surface area contributed by atoms with Crippen LogP contribution in [-0.2, 0) is 25.4 Å². The molecule has 0 bridgehead atoms. The molecule has 138 valence electrons. The minimum atomic E-state index is -0.532. The molecular formula is C16H13ClN6O4. The molecule has 3 heterocycles. The van der Waals surface area contributed by atoms with Gasteiger partial charge in [-0.1, -0.05) is 11.6 Å². The highest BCUT2D eigenvalue weighted by Crippen LogP contribution is 2.22. The number of benzene rings is 1. The van der Waals surface area contributed by atoms with E-state index in [0.29, 0.717) is 21.6 Å². The maximum atomic E-state index is 12.4. The van der Waals surface area contributed by atoms with Crippen molar-refractivity contribution in [3.8, 4) is 0 Å². The van der Waals surface area contributed by atoms with E-state index in [1.165, 1.54) is 29.5 Å². The Morgan fingerprint density at radius 1 is 1.26 bits per heavy atom. The number of aryl methyl sites for hydroxylation is 1. The lowest BCUT2D eigenvalue weighted by molar-refractivity contribution is -0.117. The first kappa shape index (κ1) is 17.0. The summed E-state index contributed by atoms with van der Waals surface area (Å²) in [5.74, 6) is -0.492. The molecule has 0 atom stereocenters. The second-order valence-electron chi connectivity index (χ2n) is 5.92. The summed E-state index contributed by atoms with van der Waals surface area (Å²) in [5, 5.41) is 7.05. The molecule has 4 aromatic rings. The van der Waals surface area contributed by atoms with Crippen LogP contribution in [0.5, 0.6) is 0 Å². The maximum Gasteiger partial charge on any atom is 0.331 e. The fourth-order valence-corrected chi connectivity index (χ4v) is 2.94. The van der Waals surface area contributed by atoms with Crippen molar-refractivity contribution in [3.05, 3.63) is 50.3 Å². The zero-order valence-corrected chi connectivity index (χ0v) is 15.0. The van der Waals surface area contributed by atoms with Crippen LogP contribution < -0.4 is 16.6 Å². The molecule has 0 saturated heterocycles. The van der Waals surface area contributed by atoms with Crippen LogP contribution >= 0.6 is 11.6 Å². The monoisotopic (exact) mass is 388 g/mol. The Bertz CT molecular complexity index is 1330. The summed E-state index contributed by atoms with van der Waals surface area (Å²) in [6, 6.07) is 4.93. The van der Waals surface area contributed by atoms with Gasteiger partial charge in [-0.05, 0) is 12.1 Å². The van der Waals surface area contributed by atoms with Gasteiger partial charge >= 0.3 is 11.7 Å². The molecule has 0 aliphatic rings. The highest BCUT2D eigenvalue weighted by molar-refractivity contribution is 6.31. The van der Waals surface area contributed by atoms with Gasteiger partial charge in [-0.25, -0.2) is 9.48 Å². The topological polar surface area (TPSA) is 117 Å². The molecule has 4 rings (SSSR count). The predicted octanol–water partition coefficient (Wildman–Crippen LogP) is 0.867. The number of nitrogens with one attached hydrogen (secondary N) is 1. The quantitative estimate of drug-likeness (QED) is 0.556. The first-order valence-corrected chi connectivity index (χ1v) is 8.20. The van der Waals surface area contributed by atoms with E-state index >= 15 is 0 Å². The summed E-state index contributed by atoms with van der Waals surface area (Å²) in [4.78, 5) is 40.8. The summed E-state index contributed by atoms with van der Waals surface area (Å²) in [7, 11) is 2.89. The van der Waals surface area contributed by atoms with Crippen molar-refractivity contribution in [2.45, 2.75) is 6.54 Å². The van der Waals surface area contributed by atoms with E-state index in [2.05, 4.69) is 15.4 Å². The number of nitrogens with zero attached hydrogens (tertiary/aromatic N) is 5. The molecule has 3 aromatic heterocycles. The molecule has 0 radical (unpaired) electrons. The van der Waals surface area contributed by atoms with Crippen LogP contribution in [0.25, 0.3) is 22.1 Å². The van der Waals surface area contributed by atoms with Crippen molar-refractivity contribution in [3.63, 3.8) is 0 Å². The molecule has 0 saturated carbocycles. The van der Waals surface area contributed by atoms with Gasteiger partial charge in [-0.3, -0.25) is 24.0 Å². The standard InChI is InChI=1S/C16H13ClN6O4/c1-21-10-6-18-23(13(10)14(25)22(2)16(21)26)7-12(24)20-15-19-9-4-3-8(17)5-11(9)27-15/h3-6H,7H2,1-2H3,(H,19,20,24). The lowest BCUT2D eigenvalue weighted by Gasteiger charge is -2.06. The van der Waals surface area contributed by atoms with E-state index in [1.807, 2.05) is 0 Å². The third-order valence-electron chi connectivity index (χ3n) is 4.15. The number of oxazole rings is 1. The normalized spacial score (nSPS) is 11.4. The summed E-state index contributed by atoms with van der Waals surface area (Å²) in [5.41, 5.74) is 0.470. The Kier molecular flexibility index (Phi) is 3.84. The minimum absolute atomic E-state index is 0.00836. The van der Waals surface area contributed by atoms with Crippen LogP contribution in [0.2, 0.25) is 5.02 Å². The van der Waals surface area contributed by atoms with Crippen LogP contribution in [0.3, 0.4) is 0 Å². The lowest BCUT2D eigenvalue weighted by atomic mass is 10.3. The highest BCUT2D eigenvalue weighted by atomic mass is 35.5. The zero-order chi connectivity index (χ0) is 19.3. The maximum absolute atomic E-state index is 12.4. The lowest BCUT2D eigenvalue weighted by Crippen LogP contribution is -2.37. The molecule has 0 fully saturated rings. The summed E-state index contributed by atoms with van der Waals surface area (Å²) in [6.07, 6.45) is 1.37. The molecule has 10 nitrogen and oxygen atoms in total. The van der Waals surface area contributed by atoms with Crippen molar-refractivity contribution in [2.75, 3.05) is 5.32 Å². The SMILES string of the molecule is Cn1c(=O)c2c(cnn2CC(=O)Nc2nc3ccc(Cl)cc3o2)n(C)c1=O. The van der Waals surface area contributed by atoms with Gasteiger partial charge < -0.3 is 4.42 Å². The van der Waals surface area contributed by atoms with Crippen molar-refractivity contribution in [1.82, 2.24) is 23.9 Å². The second kappa shape index (κ2) is 6.09. The third-order valence-corrected chi connectivity index (χ3v) is 4.39. The molecule has 1 N–H and O–H groups in total. The number of halogens is 1. The van der Waals surface area contributed by atoms with Crippen molar-refractivity contribution in [2.24, 2.45) is 14.1 Å². The number of fused-ring (bicyclic) bond motifs is 2. The summed E-state index contributed by atoms with van der Waals surface area (Å²) >= 11 is 5.89.